The average molecular weight is 355 g/mol. The number of urea groups is 1. The van der Waals surface area contributed by atoms with Gasteiger partial charge in [-0.05, 0) is 44.2 Å². The van der Waals surface area contributed by atoms with Crippen LogP contribution in [0.1, 0.15) is 30.5 Å². The monoisotopic (exact) mass is 355 g/mol. The summed E-state index contributed by atoms with van der Waals surface area (Å²) in [7, 11) is 0. The van der Waals surface area contributed by atoms with E-state index in [1.165, 1.54) is 0 Å². The first-order valence-corrected chi connectivity index (χ1v) is 8.91. The number of hydrogen-bond acceptors (Lipinski definition) is 4. The standard InChI is InChI=1S/C18H21N5O3/c24-17(21-26-18(25)22-11-4-5-12-22)19-16-14-9-6-10-15(14)20-23(16)13-7-2-1-3-8-13/h1-3,7-8H,4-6,9-12H2,(H2,19,21,24). The van der Waals surface area contributed by atoms with Crippen LogP contribution in [0.25, 0.3) is 5.69 Å². The second-order valence-electron chi connectivity index (χ2n) is 6.49. The number of hydrogen-bond donors (Lipinski definition) is 2. The van der Waals surface area contributed by atoms with Gasteiger partial charge in [-0.2, -0.15) is 10.6 Å². The molecule has 0 bridgehead atoms. The number of carbonyl (C=O) groups is 2. The van der Waals surface area contributed by atoms with E-state index in [1.54, 1.807) is 9.58 Å². The highest BCUT2D eigenvalue weighted by Crippen LogP contribution is 2.30. The van der Waals surface area contributed by atoms with E-state index >= 15 is 0 Å². The van der Waals surface area contributed by atoms with Gasteiger partial charge in [-0.25, -0.2) is 14.3 Å². The highest BCUT2D eigenvalue weighted by molar-refractivity contribution is 5.90. The summed E-state index contributed by atoms with van der Waals surface area (Å²) in [5.41, 5.74) is 5.09. The van der Waals surface area contributed by atoms with Crippen molar-refractivity contribution in [3.63, 3.8) is 0 Å². The van der Waals surface area contributed by atoms with E-state index in [1.807, 2.05) is 30.3 Å². The van der Waals surface area contributed by atoms with Gasteiger partial charge in [-0.3, -0.25) is 5.32 Å². The fourth-order valence-electron chi connectivity index (χ4n) is 3.46. The van der Waals surface area contributed by atoms with Crippen molar-refractivity contribution in [2.24, 2.45) is 0 Å². The van der Waals surface area contributed by atoms with Crippen LogP contribution in [0.15, 0.2) is 30.3 Å². The SMILES string of the molecule is O=C(NOC(=O)N1CCCC1)Nc1c2c(nn1-c1ccccc1)CCC2. The zero-order chi connectivity index (χ0) is 17.9. The first-order chi connectivity index (χ1) is 12.7. The van der Waals surface area contributed by atoms with Crippen LogP contribution < -0.4 is 10.8 Å². The van der Waals surface area contributed by atoms with Gasteiger partial charge in [0.15, 0.2) is 0 Å². The van der Waals surface area contributed by atoms with Gasteiger partial charge in [-0.1, -0.05) is 18.2 Å². The Morgan fingerprint density at radius 1 is 1.04 bits per heavy atom. The summed E-state index contributed by atoms with van der Waals surface area (Å²) in [5.74, 6) is 0.624. The van der Waals surface area contributed by atoms with Crippen LogP contribution >= 0.6 is 0 Å². The number of nitrogens with one attached hydrogen (secondary N) is 2. The number of aryl methyl sites for hydroxylation is 1. The summed E-state index contributed by atoms with van der Waals surface area (Å²) in [6.07, 6.45) is 4.18. The maximum atomic E-state index is 12.3. The van der Waals surface area contributed by atoms with Crippen LogP contribution in [0.4, 0.5) is 15.4 Å². The lowest BCUT2D eigenvalue weighted by Crippen LogP contribution is -2.37. The van der Waals surface area contributed by atoms with Crippen LogP contribution in [0.3, 0.4) is 0 Å². The molecule has 1 aromatic carbocycles. The van der Waals surface area contributed by atoms with Crippen LogP contribution in [0.2, 0.25) is 0 Å². The Balaban J connectivity index is 1.47. The Kier molecular flexibility index (Phi) is 4.47. The highest BCUT2D eigenvalue weighted by atomic mass is 16.7. The van der Waals surface area contributed by atoms with Crippen LogP contribution in [0.5, 0.6) is 0 Å². The van der Waals surface area contributed by atoms with Crippen molar-refractivity contribution in [3.8, 4) is 5.69 Å². The van der Waals surface area contributed by atoms with E-state index in [9.17, 15) is 9.59 Å². The molecule has 0 atom stereocenters. The molecule has 0 unspecified atom stereocenters. The third kappa shape index (κ3) is 3.22. The number of likely N-dealkylation sites (tertiary alicyclic amines) is 1. The molecular weight excluding hydrogens is 334 g/mol. The first kappa shape index (κ1) is 16.4. The van der Waals surface area contributed by atoms with Crippen LogP contribution in [-0.4, -0.2) is 39.9 Å². The largest absolute Gasteiger partial charge is 0.434 e. The maximum absolute atomic E-state index is 12.3. The third-order valence-corrected chi connectivity index (χ3v) is 4.74. The van der Waals surface area contributed by atoms with Crippen molar-refractivity contribution in [1.29, 1.82) is 0 Å². The molecule has 8 heteroatoms. The second kappa shape index (κ2) is 7.07. The van der Waals surface area contributed by atoms with Gasteiger partial charge in [0, 0.05) is 18.7 Å². The van der Waals surface area contributed by atoms with E-state index in [0.29, 0.717) is 18.9 Å². The van der Waals surface area contributed by atoms with Gasteiger partial charge in [0.25, 0.3) is 0 Å². The fourth-order valence-corrected chi connectivity index (χ4v) is 3.46. The third-order valence-electron chi connectivity index (χ3n) is 4.74. The van der Waals surface area contributed by atoms with Crippen LogP contribution in [-0.2, 0) is 17.7 Å². The van der Waals surface area contributed by atoms with Crippen molar-refractivity contribution in [1.82, 2.24) is 20.2 Å². The Morgan fingerprint density at radius 2 is 1.81 bits per heavy atom. The predicted molar refractivity (Wildman–Crippen MR) is 95.0 cm³/mol. The number of aromatic nitrogens is 2. The summed E-state index contributed by atoms with van der Waals surface area (Å²) in [5, 5.41) is 7.42. The molecule has 0 spiro atoms. The molecule has 0 saturated carbocycles. The Labute approximate surface area is 151 Å². The zero-order valence-corrected chi connectivity index (χ0v) is 14.4. The molecule has 2 aromatic rings. The van der Waals surface area contributed by atoms with E-state index in [-0.39, 0.29) is 0 Å². The minimum absolute atomic E-state index is 0.528. The van der Waals surface area contributed by atoms with Crippen molar-refractivity contribution in [2.75, 3.05) is 18.4 Å². The molecule has 3 amide bonds. The van der Waals surface area contributed by atoms with Crippen molar-refractivity contribution in [3.05, 3.63) is 41.6 Å². The quantitative estimate of drug-likeness (QED) is 0.811. The van der Waals surface area contributed by atoms with Crippen LogP contribution in [0, 0.1) is 0 Å². The fraction of sp³-hybridized carbons (Fsp3) is 0.389. The Morgan fingerprint density at radius 3 is 2.58 bits per heavy atom. The van der Waals surface area contributed by atoms with E-state index in [0.717, 1.165) is 49.0 Å². The molecule has 1 fully saturated rings. The minimum Gasteiger partial charge on any atom is -0.320 e. The van der Waals surface area contributed by atoms with E-state index in [2.05, 4.69) is 15.9 Å². The molecular formula is C18H21N5O3. The summed E-state index contributed by atoms with van der Waals surface area (Å²) < 4.78 is 1.73. The summed E-state index contributed by atoms with van der Waals surface area (Å²) in [6, 6.07) is 9.03. The van der Waals surface area contributed by atoms with E-state index < -0.39 is 12.1 Å². The lowest BCUT2D eigenvalue weighted by Gasteiger charge is -2.15. The average Bonchev–Trinajstić information content (AvgIpc) is 3.39. The summed E-state index contributed by atoms with van der Waals surface area (Å²) >= 11 is 0. The number of rotatable bonds is 2. The number of benzene rings is 1. The van der Waals surface area contributed by atoms with Gasteiger partial charge in [0.2, 0.25) is 0 Å². The molecule has 1 aliphatic carbocycles. The topological polar surface area (TPSA) is 88.5 Å². The smallest absolute Gasteiger partial charge is 0.320 e. The number of anilines is 1. The highest BCUT2D eigenvalue weighted by Gasteiger charge is 2.25. The number of hydroxylamine groups is 1. The molecule has 0 radical (unpaired) electrons. The predicted octanol–water partition coefficient (Wildman–Crippen LogP) is 2.63. The maximum Gasteiger partial charge on any atom is 0.434 e. The van der Waals surface area contributed by atoms with Crippen molar-refractivity contribution >= 4 is 17.9 Å². The van der Waals surface area contributed by atoms with Gasteiger partial charge in [-0.15, -0.1) is 0 Å². The lowest BCUT2D eigenvalue weighted by atomic mass is 10.2. The number of amides is 3. The molecule has 1 saturated heterocycles. The minimum atomic E-state index is -0.593. The molecule has 4 rings (SSSR count). The molecule has 1 aromatic heterocycles. The number of para-hydroxylation sites is 1. The molecule has 8 nitrogen and oxygen atoms in total. The normalized spacial score (nSPS) is 15.6. The molecule has 2 N–H and O–H groups in total. The summed E-state index contributed by atoms with van der Waals surface area (Å²) in [4.78, 5) is 30.6. The lowest BCUT2D eigenvalue weighted by molar-refractivity contribution is 0.0754. The molecule has 2 aliphatic rings. The van der Waals surface area contributed by atoms with Gasteiger partial charge < -0.3 is 9.74 Å². The van der Waals surface area contributed by atoms with Gasteiger partial charge in [0.05, 0.1) is 11.4 Å². The number of carbonyl (C=O) groups excluding carboxylic acids is 2. The van der Waals surface area contributed by atoms with E-state index in [4.69, 9.17) is 4.84 Å². The zero-order valence-electron chi connectivity index (χ0n) is 14.4. The van der Waals surface area contributed by atoms with Crippen molar-refractivity contribution < 1.29 is 14.4 Å². The Bertz CT molecular complexity index is 812. The van der Waals surface area contributed by atoms with Gasteiger partial charge >= 0.3 is 12.1 Å². The summed E-state index contributed by atoms with van der Waals surface area (Å²) in [6.45, 7) is 1.33. The number of fused-ring (bicyclic) bond motifs is 1. The van der Waals surface area contributed by atoms with Gasteiger partial charge in [0.1, 0.15) is 5.82 Å². The molecule has 2 heterocycles. The van der Waals surface area contributed by atoms with Crippen molar-refractivity contribution in [2.45, 2.75) is 32.1 Å². The first-order valence-electron chi connectivity index (χ1n) is 8.91. The molecule has 26 heavy (non-hydrogen) atoms. The number of nitrogens with zero attached hydrogens (tertiary/aromatic N) is 3. The molecule has 1 aliphatic heterocycles. The second-order valence-corrected chi connectivity index (χ2v) is 6.49. The molecule has 136 valence electrons. The Hall–Kier alpha value is -3.03.